The van der Waals surface area contributed by atoms with E-state index in [4.69, 9.17) is 32.9 Å². The molecule has 0 spiro atoms. The Morgan fingerprint density at radius 3 is 2.48 bits per heavy atom. The molecule has 0 saturated heterocycles. The van der Waals surface area contributed by atoms with Crippen molar-refractivity contribution >= 4 is 67.1 Å². The van der Waals surface area contributed by atoms with Crippen LogP contribution in [0.1, 0.15) is 31.1 Å². The van der Waals surface area contributed by atoms with Crippen molar-refractivity contribution in [3.8, 4) is 5.75 Å². The smallest absolute Gasteiger partial charge is 0.262 e. The highest BCUT2D eigenvalue weighted by atomic mass is 35.5. The summed E-state index contributed by atoms with van der Waals surface area (Å²) < 4.78 is 7.45. The number of rotatable bonds is 9. The molecule has 1 aromatic carbocycles. The summed E-state index contributed by atoms with van der Waals surface area (Å²) >= 11 is 15.0. The van der Waals surface area contributed by atoms with Crippen molar-refractivity contribution in [2.75, 3.05) is 37.7 Å². The minimum Gasteiger partial charge on any atom is -0.494 e. The lowest BCUT2D eigenvalue weighted by molar-refractivity contribution is 0.0984. The van der Waals surface area contributed by atoms with Crippen molar-refractivity contribution in [3.05, 3.63) is 38.5 Å². The molecule has 2 aromatic heterocycles. The average molecular weight is 472 g/mol. The number of likely N-dealkylation sites (N-methyl/N-ethyl adjacent to an activating group) is 1. The second-order valence-corrected chi connectivity index (χ2v) is 9.58. The van der Waals surface area contributed by atoms with Gasteiger partial charge in [-0.1, -0.05) is 48.4 Å². The highest BCUT2D eigenvalue weighted by molar-refractivity contribution is 7.22. The third kappa shape index (κ3) is 5.22. The number of fused-ring (bicyclic) bond motifs is 1. The highest BCUT2D eigenvalue weighted by Crippen LogP contribution is 2.35. The molecule has 0 N–H and O–H groups in total. The largest absolute Gasteiger partial charge is 0.494 e. The Hall–Kier alpha value is -1.38. The van der Waals surface area contributed by atoms with Crippen LogP contribution in [0.15, 0.2) is 24.3 Å². The standard InChI is InChI=1S/C20H23Cl2N3O2S2/c1-4-24(5-2)9-10-25(19(26)14-12-17(21)29-18(14)22)20-23-15-8-7-13(27-6-3)11-16(15)28-20/h7-8,11-12H,4-6,9-10H2,1-3H3. The summed E-state index contributed by atoms with van der Waals surface area (Å²) in [5.41, 5.74) is 1.25. The molecule has 5 nitrogen and oxygen atoms in total. The van der Waals surface area contributed by atoms with Crippen molar-refractivity contribution in [2.45, 2.75) is 20.8 Å². The quantitative estimate of drug-likeness (QED) is 0.380. The number of ether oxygens (including phenoxy) is 1. The van der Waals surface area contributed by atoms with E-state index in [-0.39, 0.29) is 5.91 Å². The summed E-state index contributed by atoms with van der Waals surface area (Å²) in [4.78, 5) is 22.0. The first-order valence-corrected chi connectivity index (χ1v) is 11.9. The predicted octanol–water partition coefficient (Wildman–Crippen LogP) is 6.05. The van der Waals surface area contributed by atoms with Gasteiger partial charge in [0.05, 0.1) is 26.7 Å². The number of amides is 1. The van der Waals surface area contributed by atoms with Crippen molar-refractivity contribution < 1.29 is 9.53 Å². The molecule has 29 heavy (non-hydrogen) atoms. The molecule has 3 rings (SSSR count). The maximum atomic E-state index is 13.3. The van der Waals surface area contributed by atoms with Gasteiger partial charge >= 0.3 is 0 Å². The number of carbonyl (C=O) groups excluding carboxylic acids is 1. The van der Waals surface area contributed by atoms with Crippen LogP contribution in [0.2, 0.25) is 8.67 Å². The molecule has 156 valence electrons. The van der Waals surface area contributed by atoms with Gasteiger partial charge in [0.2, 0.25) is 0 Å². The number of carbonyl (C=O) groups is 1. The maximum Gasteiger partial charge on any atom is 0.262 e. The summed E-state index contributed by atoms with van der Waals surface area (Å²) in [6.45, 7) is 9.87. The number of hydrogen-bond acceptors (Lipinski definition) is 6. The second kappa shape index (κ2) is 10.1. The average Bonchev–Trinajstić information content (AvgIpc) is 3.27. The molecular formula is C20H23Cl2N3O2S2. The lowest BCUT2D eigenvalue weighted by atomic mass is 10.3. The monoisotopic (exact) mass is 471 g/mol. The van der Waals surface area contributed by atoms with E-state index in [0.29, 0.717) is 32.5 Å². The Labute approximate surface area is 188 Å². The van der Waals surface area contributed by atoms with Gasteiger partial charge in [-0.05, 0) is 44.3 Å². The van der Waals surface area contributed by atoms with Gasteiger partial charge in [-0.15, -0.1) is 11.3 Å². The van der Waals surface area contributed by atoms with Gasteiger partial charge in [0.1, 0.15) is 10.1 Å². The Bertz CT molecular complexity index is 985. The molecule has 0 fully saturated rings. The molecule has 2 heterocycles. The molecule has 0 aliphatic carbocycles. The van der Waals surface area contributed by atoms with Crippen LogP contribution in [-0.2, 0) is 0 Å². The molecule has 0 bridgehead atoms. The minimum absolute atomic E-state index is 0.186. The Morgan fingerprint density at radius 1 is 1.10 bits per heavy atom. The molecule has 0 aliphatic heterocycles. The van der Waals surface area contributed by atoms with E-state index in [1.54, 1.807) is 11.0 Å². The molecule has 3 aromatic rings. The lowest BCUT2D eigenvalue weighted by Crippen LogP contribution is -2.38. The maximum absolute atomic E-state index is 13.3. The second-order valence-electron chi connectivity index (χ2n) is 6.28. The van der Waals surface area contributed by atoms with Crippen LogP contribution in [0.25, 0.3) is 10.2 Å². The van der Waals surface area contributed by atoms with E-state index < -0.39 is 0 Å². The van der Waals surface area contributed by atoms with Gasteiger partial charge in [0, 0.05) is 13.1 Å². The number of nitrogens with zero attached hydrogens (tertiary/aromatic N) is 3. The number of thiazole rings is 1. The molecule has 0 unspecified atom stereocenters. The number of anilines is 1. The summed E-state index contributed by atoms with van der Waals surface area (Å²) in [7, 11) is 0. The third-order valence-corrected chi connectivity index (χ3v) is 7.09. The summed E-state index contributed by atoms with van der Waals surface area (Å²) in [6, 6.07) is 7.40. The summed E-state index contributed by atoms with van der Waals surface area (Å²) in [5.74, 6) is 0.610. The van der Waals surface area contributed by atoms with Gasteiger partial charge in [-0.3, -0.25) is 9.69 Å². The minimum atomic E-state index is -0.186. The zero-order valence-corrected chi connectivity index (χ0v) is 19.7. The third-order valence-electron chi connectivity index (χ3n) is 4.56. The Kier molecular flexibility index (Phi) is 7.76. The fourth-order valence-electron chi connectivity index (χ4n) is 2.96. The van der Waals surface area contributed by atoms with Crippen molar-refractivity contribution in [3.63, 3.8) is 0 Å². The summed E-state index contributed by atoms with van der Waals surface area (Å²) in [6.07, 6.45) is 0. The number of benzene rings is 1. The van der Waals surface area contributed by atoms with Crippen LogP contribution in [-0.4, -0.2) is 48.6 Å². The normalized spacial score (nSPS) is 11.4. The van der Waals surface area contributed by atoms with Crippen molar-refractivity contribution in [1.29, 1.82) is 0 Å². The van der Waals surface area contributed by atoms with E-state index in [1.165, 1.54) is 22.7 Å². The first-order chi connectivity index (χ1) is 14.0. The number of hydrogen-bond donors (Lipinski definition) is 0. The first-order valence-electron chi connectivity index (χ1n) is 9.49. The Balaban J connectivity index is 1.96. The molecule has 1 amide bonds. The molecule has 0 radical (unpaired) electrons. The zero-order chi connectivity index (χ0) is 21.0. The van der Waals surface area contributed by atoms with E-state index in [1.807, 2.05) is 25.1 Å². The fourth-order valence-corrected chi connectivity index (χ4v) is 5.43. The Morgan fingerprint density at radius 2 is 1.86 bits per heavy atom. The van der Waals surface area contributed by atoms with Crippen LogP contribution in [0.3, 0.4) is 0 Å². The van der Waals surface area contributed by atoms with Gasteiger partial charge in [0.25, 0.3) is 5.91 Å². The fraction of sp³-hybridized carbons (Fsp3) is 0.400. The SMILES string of the molecule is CCOc1ccc2nc(N(CCN(CC)CC)C(=O)c3cc(Cl)sc3Cl)sc2c1. The van der Waals surface area contributed by atoms with E-state index >= 15 is 0 Å². The van der Waals surface area contributed by atoms with Gasteiger partial charge in [-0.25, -0.2) is 4.98 Å². The molecule has 0 saturated carbocycles. The van der Waals surface area contributed by atoms with Gasteiger partial charge < -0.3 is 9.64 Å². The number of thiophene rings is 1. The van der Waals surface area contributed by atoms with Crippen molar-refractivity contribution in [1.82, 2.24) is 9.88 Å². The first kappa shape index (κ1) is 22.3. The summed E-state index contributed by atoms with van der Waals surface area (Å²) in [5, 5.41) is 0.643. The molecule has 9 heteroatoms. The van der Waals surface area contributed by atoms with Crippen LogP contribution in [0.4, 0.5) is 5.13 Å². The molecular weight excluding hydrogens is 449 g/mol. The lowest BCUT2D eigenvalue weighted by Gasteiger charge is -2.24. The van der Waals surface area contributed by atoms with Crippen LogP contribution in [0.5, 0.6) is 5.75 Å². The molecule has 0 atom stereocenters. The highest BCUT2D eigenvalue weighted by Gasteiger charge is 2.25. The van der Waals surface area contributed by atoms with Crippen LogP contribution in [0, 0.1) is 0 Å². The number of halogens is 2. The van der Waals surface area contributed by atoms with Crippen LogP contribution >= 0.6 is 45.9 Å². The van der Waals surface area contributed by atoms with E-state index in [9.17, 15) is 4.79 Å². The van der Waals surface area contributed by atoms with E-state index in [0.717, 1.165) is 35.6 Å². The van der Waals surface area contributed by atoms with E-state index in [2.05, 4.69) is 18.7 Å². The zero-order valence-electron chi connectivity index (χ0n) is 16.6. The molecule has 0 aliphatic rings. The van der Waals surface area contributed by atoms with Crippen molar-refractivity contribution in [2.24, 2.45) is 0 Å². The predicted molar refractivity (Wildman–Crippen MR) is 125 cm³/mol. The topological polar surface area (TPSA) is 45.7 Å². The number of aromatic nitrogens is 1. The van der Waals surface area contributed by atoms with Crippen LogP contribution < -0.4 is 9.64 Å². The van der Waals surface area contributed by atoms with Gasteiger partial charge in [-0.2, -0.15) is 0 Å². The van der Waals surface area contributed by atoms with Gasteiger partial charge in [0.15, 0.2) is 5.13 Å².